The molecule has 2 nitrogen and oxygen atoms in total. The lowest BCUT2D eigenvalue weighted by atomic mass is 10.1. The molecule has 0 bridgehead atoms. The molecule has 0 amide bonds. The molecule has 1 aliphatic heterocycles. The number of likely N-dealkylation sites (tertiary alicyclic amines) is 1. The van der Waals surface area contributed by atoms with Crippen LogP contribution in [0.2, 0.25) is 5.02 Å². The zero-order valence-electron chi connectivity index (χ0n) is 9.34. The van der Waals surface area contributed by atoms with Gasteiger partial charge in [0.15, 0.2) is 0 Å². The van der Waals surface area contributed by atoms with Crippen LogP contribution >= 0.6 is 11.6 Å². The predicted molar refractivity (Wildman–Crippen MR) is 65.6 cm³/mol. The maximum absolute atomic E-state index is 13.1. The third-order valence-corrected chi connectivity index (χ3v) is 3.08. The van der Waals surface area contributed by atoms with Crippen LogP contribution in [0, 0.1) is 5.82 Å². The van der Waals surface area contributed by atoms with Gasteiger partial charge in [-0.2, -0.15) is 0 Å². The van der Waals surface area contributed by atoms with Crippen molar-refractivity contribution in [2.75, 3.05) is 25.5 Å². The van der Waals surface area contributed by atoms with Gasteiger partial charge < -0.3 is 10.2 Å². The summed E-state index contributed by atoms with van der Waals surface area (Å²) in [7, 11) is 2.10. The van der Waals surface area contributed by atoms with Crippen LogP contribution in [-0.2, 0) is 0 Å². The number of nitrogens with zero attached hydrogens (tertiary/aromatic N) is 1. The minimum Gasteiger partial charge on any atom is -0.381 e. The Morgan fingerprint density at radius 3 is 2.94 bits per heavy atom. The average molecular weight is 243 g/mol. The summed E-state index contributed by atoms with van der Waals surface area (Å²) in [6, 6.07) is 4.95. The van der Waals surface area contributed by atoms with Crippen LogP contribution in [0.15, 0.2) is 18.2 Å². The number of halogens is 2. The number of piperidine rings is 1. The van der Waals surface area contributed by atoms with E-state index in [1.807, 2.05) is 0 Å². The molecule has 1 heterocycles. The summed E-state index contributed by atoms with van der Waals surface area (Å²) < 4.78 is 13.1. The Kier molecular flexibility index (Phi) is 3.66. The van der Waals surface area contributed by atoms with Crippen LogP contribution in [0.1, 0.15) is 12.8 Å². The average Bonchev–Trinajstić information content (AvgIpc) is 2.15. The van der Waals surface area contributed by atoms with Crippen LogP contribution in [-0.4, -0.2) is 31.1 Å². The van der Waals surface area contributed by atoms with Gasteiger partial charge in [0.2, 0.25) is 0 Å². The molecule has 1 N–H and O–H groups in total. The first-order valence-corrected chi connectivity index (χ1v) is 5.92. The molecule has 88 valence electrons. The highest BCUT2D eigenvalue weighted by Gasteiger charge is 2.16. The second-order valence-corrected chi connectivity index (χ2v) is 4.84. The summed E-state index contributed by atoms with van der Waals surface area (Å²) in [5.74, 6) is -0.292. The summed E-state index contributed by atoms with van der Waals surface area (Å²) in [4.78, 5) is 2.28. The zero-order chi connectivity index (χ0) is 11.5. The maximum Gasteiger partial charge on any atom is 0.126 e. The first-order chi connectivity index (χ1) is 7.63. The first kappa shape index (κ1) is 11.7. The van der Waals surface area contributed by atoms with Gasteiger partial charge >= 0.3 is 0 Å². The molecule has 0 aliphatic carbocycles. The van der Waals surface area contributed by atoms with Crippen molar-refractivity contribution < 1.29 is 4.39 Å². The number of nitrogens with one attached hydrogen (secondary N) is 1. The zero-order valence-corrected chi connectivity index (χ0v) is 10.1. The second-order valence-electron chi connectivity index (χ2n) is 4.40. The third kappa shape index (κ3) is 3.09. The van der Waals surface area contributed by atoms with Gasteiger partial charge in [-0.1, -0.05) is 11.6 Å². The summed E-state index contributed by atoms with van der Waals surface area (Å²) in [5.41, 5.74) is 0.769. The van der Waals surface area contributed by atoms with Crippen LogP contribution in [0.4, 0.5) is 10.1 Å². The van der Waals surface area contributed by atoms with Gasteiger partial charge in [-0.15, -0.1) is 0 Å². The topological polar surface area (TPSA) is 15.3 Å². The van der Waals surface area contributed by atoms with Gasteiger partial charge in [0, 0.05) is 23.3 Å². The Hall–Kier alpha value is -0.800. The quantitative estimate of drug-likeness (QED) is 0.858. The highest BCUT2D eigenvalue weighted by molar-refractivity contribution is 6.30. The molecule has 1 aromatic rings. The number of rotatable bonds is 2. The Bertz CT molecular complexity index is 350. The number of hydrogen-bond donors (Lipinski definition) is 1. The van der Waals surface area contributed by atoms with Crippen molar-refractivity contribution in [1.29, 1.82) is 0 Å². The Balaban J connectivity index is 2.02. The Morgan fingerprint density at radius 2 is 2.25 bits per heavy atom. The van der Waals surface area contributed by atoms with Crippen molar-refractivity contribution >= 4 is 17.3 Å². The lowest BCUT2D eigenvalue weighted by Crippen LogP contribution is -2.39. The van der Waals surface area contributed by atoms with Crippen molar-refractivity contribution in [2.24, 2.45) is 0 Å². The van der Waals surface area contributed by atoms with Crippen LogP contribution in [0.5, 0.6) is 0 Å². The van der Waals surface area contributed by atoms with Gasteiger partial charge in [-0.25, -0.2) is 4.39 Å². The standard InChI is InChI=1S/C12H16ClFN2/c1-16-4-2-3-11(8-16)15-12-6-9(13)5-10(14)7-12/h5-7,11,15H,2-4,8H2,1H3. The number of likely N-dealkylation sites (N-methyl/N-ethyl adjacent to an activating group) is 1. The molecule has 1 unspecified atom stereocenters. The summed E-state index contributed by atoms with van der Waals surface area (Å²) in [6.07, 6.45) is 2.30. The second kappa shape index (κ2) is 5.02. The van der Waals surface area contributed by atoms with Crippen LogP contribution in [0.25, 0.3) is 0 Å². The van der Waals surface area contributed by atoms with Gasteiger partial charge in [-0.3, -0.25) is 0 Å². The van der Waals surface area contributed by atoms with E-state index in [2.05, 4.69) is 17.3 Å². The van der Waals surface area contributed by atoms with E-state index in [0.717, 1.165) is 25.2 Å². The van der Waals surface area contributed by atoms with Gasteiger partial charge in [0.05, 0.1) is 0 Å². The molecule has 1 fully saturated rings. The van der Waals surface area contributed by atoms with Crippen molar-refractivity contribution in [3.63, 3.8) is 0 Å². The maximum atomic E-state index is 13.1. The fourth-order valence-electron chi connectivity index (χ4n) is 2.16. The van der Waals surface area contributed by atoms with Crippen molar-refractivity contribution in [3.8, 4) is 0 Å². The Morgan fingerprint density at radius 1 is 1.44 bits per heavy atom. The molecule has 1 aliphatic rings. The van der Waals surface area contributed by atoms with E-state index in [0.29, 0.717) is 11.1 Å². The van der Waals surface area contributed by atoms with E-state index in [1.165, 1.54) is 18.6 Å². The van der Waals surface area contributed by atoms with Gasteiger partial charge in [0.25, 0.3) is 0 Å². The molecule has 0 spiro atoms. The van der Waals surface area contributed by atoms with Gasteiger partial charge in [0.1, 0.15) is 5.82 Å². The molecular formula is C12H16ClFN2. The first-order valence-electron chi connectivity index (χ1n) is 5.54. The van der Waals surface area contributed by atoms with Crippen LogP contribution in [0.3, 0.4) is 0 Å². The normalized spacial score (nSPS) is 22.1. The molecule has 1 aromatic carbocycles. The van der Waals surface area contributed by atoms with E-state index >= 15 is 0 Å². The molecule has 0 aromatic heterocycles. The highest BCUT2D eigenvalue weighted by atomic mass is 35.5. The molecular weight excluding hydrogens is 227 g/mol. The fourth-order valence-corrected chi connectivity index (χ4v) is 2.38. The molecule has 4 heteroatoms. The fraction of sp³-hybridized carbons (Fsp3) is 0.500. The SMILES string of the molecule is CN1CCCC(Nc2cc(F)cc(Cl)c2)C1. The molecule has 2 rings (SSSR count). The number of benzene rings is 1. The van der Waals surface area contributed by atoms with Crippen molar-refractivity contribution in [1.82, 2.24) is 4.90 Å². The summed E-state index contributed by atoms with van der Waals surface area (Å²) >= 11 is 5.81. The minimum atomic E-state index is -0.292. The molecule has 16 heavy (non-hydrogen) atoms. The van der Waals surface area contributed by atoms with Crippen LogP contribution < -0.4 is 5.32 Å². The van der Waals surface area contributed by atoms with E-state index in [1.54, 1.807) is 6.07 Å². The predicted octanol–water partition coefficient (Wildman–Crippen LogP) is 2.99. The van der Waals surface area contributed by atoms with E-state index in [4.69, 9.17) is 11.6 Å². The molecule has 1 saturated heterocycles. The molecule has 0 saturated carbocycles. The lowest BCUT2D eigenvalue weighted by Gasteiger charge is -2.30. The van der Waals surface area contributed by atoms with Crippen molar-refractivity contribution in [3.05, 3.63) is 29.0 Å². The minimum absolute atomic E-state index is 0.292. The monoisotopic (exact) mass is 242 g/mol. The number of hydrogen-bond acceptors (Lipinski definition) is 2. The van der Waals surface area contributed by atoms with E-state index in [9.17, 15) is 4.39 Å². The highest BCUT2D eigenvalue weighted by Crippen LogP contribution is 2.20. The number of anilines is 1. The Labute approximate surface area is 100 Å². The summed E-state index contributed by atoms with van der Waals surface area (Å²) in [6.45, 7) is 2.14. The smallest absolute Gasteiger partial charge is 0.126 e. The molecule has 1 atom stereocenters. The largest absolute Gasteiger partial charge is 0.381 e. The molecule has 0 radical (unpaired) electrons. The van der Waals surface area contributed by atoms with E-state index in [-0.39, 0.29) is 5.82 Å². The summed E-state index contributed by atoms with van der Waals surface area (Å²) in [5, 5.41) is 3.76. The van der Waals surface area contributed by atoms with Gasteiger partial charge in [-0.05, 0) is 44.6 Å². The van der Waals surface area contributed by atoms with Crippen molar-refractivity contribution in [2.45, 2.75) is 18.9 Å². The van der Waals surface area contributed by atoms with E-state index < -0.39 is 0 Å². The lowest BCUT2D eigenvalue weighted by molar-refractivity contribution is 0.261. The third-order valence-electron chi connectivity index (χ3n) is 2.86.